The highest BCUT2D eigenvalue weighted by molar-refractivity contribution is 9.10. The van der Waals surface area contributed by atoms with E-state index in [9.17, 15) is 13.2 Å². The van der Waals surface area contributed by atoms with E-state index in [1.165, 1.54) is 6.07 Å². The van der Waals surface area contributed by atoms with Gasteiger partial charge in [-0.25, -0.2) is 8.42 Å². The van der Waals surface area contributed by atoms with Gasteiger partial charge in [0, 0.05) is 20.0 Å². The minimum atomic E-state index is -3.73. The van der Waals surface area contributed by atoms with Crippen LogP contribution in [-0.2, 0) is 15.6 Å². The van der Waals surface area contributed by atoms with Crippen molar-refractivity contribution in [1.82, 2.24) is 5.32 Å². The monoisotopic (exact) mass is 427 g/mol. The third-order valence-electron chi connectivity index (χ3n) is 2.47. The van der Waals surface area contributed by atoms with Crippen molar-refractivity contribution >= 4 is 64.5 Å². The molecule has 2 aromatic rings. The van der Waals surface area contributed by atoms with Crippen molar-refractivity contribution in [2.24, 2.45) is 0 Å². The van der Waals surface area contributed by atoms with Crippen LogP contribution in [0.5, 0.6) is 0 Å². The SMILES string of the molecule is O=C(NCc1ccc(S(=O)(=O)Cl)s1)c1cc(Br)ccc1Cl. The molecule has 112 valence electrons. The van der Waals surface area contributed by atoms with Crippen molar-refractivity contribution in [1.29, 1.82) is 0 Å². The number of thiophene rings is 1. The van der Waals surface area contributed by atoms with Crippen molar-refractivity contribution < 1.29 is 13.2 Å². The maximum Gasteiger partial charge on any atom is 0.270 e. The van der Waals surface area contributed by atoms with Crippen LogP contribution in [0.2, 0.25) is 5.02 Å². The molecule has 9 heteroatoms. The van der Waals surface area contributed by atoms with Crippen LogP contribution in [0.4, 0.5) is 0 Å². The van der Waals surface area contributed by atoms with Crippen molar-refractivity contribution in [3.8, 4) is 0 Å². The second kappa shape index (κ2) is 6.66. The highest BCUT2D eigenvalue weighted by atomic mass is 79.9. The lowest BCUT2D eigenvalue weighted by Crippen LogP contribution is -2.22. The van der Waals surface area contributed by atoms with Gasteiger partial charge in [0.05, 0.1) is 17.1 Å². The van der Waals surface area contributed by atoms with Gasteiger partial charge in [0.1, 0.15) is 4.21 Å². The molecule has 1 amide bonds. The van der Waals surface area contributed by atoms with Crippen LogP contribution in [0.25, 0.3) is 0 Å². The predicted octanol–water partition coefficient (Wildman–Crippen LogP) is 4.02. The Labute approximate surface area is 143 Å². The van der Waals surface area contributed by atoms with Crippen molar-refractivity contribution in [2.75, 3.05) is 0 Å². The first-order valence-corrected chi connectivity index (χ1v) is 9.83. The molecule has 0 radical (unpaired) electrons. The standard InChI is InChI=1S/C12H8BrCl2NO3S2/c13-7-1-3-10(14)9(5-7)12(17)16-6-8-2-4-11(20-8)21(15,18)19/h1-5H,6H2,(H,16,17). The molecule has 0 aliphatic carbocycles. The zero-order valence-electron chi connectivity index (χ0n) is 10.3. The van der Waals surface area contributed by atoms with Crippen molar-refractivity contribution in [2.45, 2.75) is 10.8 Å². The number of carbonyl (C=O) groups is 1. The van der Waals surface area contributed by atoms with Gasteiger partial charge in [0.25, 0.3) is 15.0 Å². The molecule has 4 nitrogen and oxygen atoms in total. The van der Waals surface area contributed by atoms with Crippen molar-refractivity contribution in [3.05, 3.63) is 50.3 Å². The number of halogens is 3. The van der Waals surface area contributed by atoms with E-state index in [-0.39, 0.29) is 16.7 Å². The summed E-state index contributed by atoms with van der Waals surface area (Å²) in [5, 5.41) is 3.02. The third kappa shape index (κ3) is 4.43. The van der Waals surface area contributed by atoms with Crippen LogP contribution in [0.15, 0.2) is 39.0 Å². The molecule has 0 atom stereocenters. The van der Waals surface area contributed by atoms with E-state index in [1.807, 2.05) is 0 Å². The molecule has 0 spiro atoms. The summed E-state index contributed by atoms with van der Waals surface area (Å²) in [6.07, 6.45) is 0. The fraction of sp³-hybridized carbons (Fsp3) is 0.0833. The average molecular weight is 429 g/mol. The molecule has 0 saturated heterocycles. The van der Waals surface area contributed by atoms with E-state index in [0.29, 0.717) is 15.5 Å². The van der Waals surface area contributed by atoms with Gasteiger partial charge in [-0.1, -0.05) is 27.5 Å². The first-order chi connectivity index (χ1) is 9.77. The van der Waals surface area contributed by atoms with Gasteiger partial charge in [-0.05, 0) is 30.3 Å². The van der Waals surface area contributed by atoms with Crippen molar-refractivity contribution in [3.63, 3.8) is 0 Å². The number of carbonyl (C=O) groups excluding carboxylic acids is 1. The topological polar surface area (TPSA) is 63.2 Å². The summed E-state index contributed by atoms with van der Waals surface area (Å²) < 4.78 is 23.1. The van der Waals surface area contributed by atoms with E-state index < -0.39 is 9.05 Å². The molecule has 0 saturated carbocycles. The second-order valence-electron chi connectivity index (χ2n) is 3.97. The maximum absolute atomic E-state index is 12.0. The molecule has 1 N–H and O–H groups in total. The zero-order chi connectivity index (χ0) is 15.6. The molecule has 0 aliphatic rings. The van der Waals surface area contributed by atoms with E-state index in [4.69, 9.17) is 22.3 Å². The lowest BCUT2D eigenvalue weighted by atomic mass is 10.2. The van der Waals surface area contributed by atoms with Gasteiger partial charge in [0.15, 0.2) is 0 Å². The van der Waals surface area contributed by atoms with E-state index in [2.05, 4.69) is 21.2 Å². The zero-order valence-corrected chi connectivity index (χ0v) is 15.0. The van der Waals surface area contributed by atoms with Gasteiger partial charge in [-0.2, -0.15) is 0 Å². The number of benzene rings is 1. The minimum Gasteiger partial charge on any atom is -0.347 e. The van der Waals surface area contributed by atoms with Crippen LogP contribution in [0.1, 0.15) is 15.2 Å². The number of nitrogens with one attached hydrogen (secondary N) is 1. The number of amides is 1. The Bertz CT molecular complexity index is 790. The number of hydrogen-bond donors (Lipinski definition) is 1. The molecule has 0 aliphatic heterocycles. The Morgan fingerprint density at radius 3 is 2.62 bits per heavy atom. The Morgan fingerprint density at radius 2 is 2.00 bits per heavy atom. The van der Waals surface area contributed by atoms with Gasteiger partial charge in [0.2, 0.25) is 0 Å². The van der Waals surface area contributed by atoms with E-state index in [0.717, 1.165) is 15.8 Å². The Morgan fingerprint density at radius 1 is 1.29 bits per heavy atom. The smallest absolute Gasteiger partial charge is 0.270 e. The molecule has 1 aromatic heterocycles. The quantitative estimate of drug-likeness (QED) is 0.748. The van der Waals surface area contributed by atoms with Crippen LogP contribution in [0.3, 0.4) is 0 Å². The Balaban J connectivity index is 2.08. The molecule has 0 unspecified atom stereocenters. The predicted molar refractivity (Wildman–Crippen MR) is 87.7 cm³/mol. The summed E-state index contributed by atoms with van der Waals surface area (Å²) in [5.74, 6) is -0.343. The summed E-state index contributed by atoms with van der Waals surface area (Å²) >= 11 is 10.2. The highest BCUT2D eigenvalue weighted by Gasteiger charge is 2.14. The van der Waals surface area contributed by atoms with Crippen LogP contribution >= 0.6 is 49.6 Å². The average Bonchev–Trinajstić information content (AvgIpc) is 2.87. The second-order valence-corrected chi connectivity index (χ2v) is 9.25. The summed E-state index contributed by atoms with van der Waals surface area (Å²) in [7, 11) is 1.51. The van der Waals surface area contributed by atoms with E-state index in [1.54, 1.807) is 24.3 Å². The molecule has 0 bridgehead atoms. The van der Waals surface area contributed by atoms with E-state index >= 15 is 0 Å². The molecule has 1 heterocycles. The molecule has 0 fully saturated rings. The lowest BCUT2D eigenvalue weighted by molar-refractivity contribution is 0.0951. The normalized spacial score (nSPS) is 11.4. The maximum atomic E-state index is 12.0. The lowest BCUT2D eigenvalue weighted by Gasteiger charge is -2.06. The number of rotatable bonds is 4. The number of hydrogen-bond acceptors (Lipinski definition) is 4. The summed E-state index contributed by atoms with van der Waals surface area (Å²) in [5.41, 5.74) is 0.341. The van der Waals surface area contributed by atoms with Gasteiger partial charge in [-0.15, -0.1) is 11.3 Å². The van der Waals surface area contributed by atoms with Crippen LogP contribution in [0, 0.1) is 0 Å². The summed E-state index contributed by atoms with van der Waals surface area (Å²) in [6.45, 7) is 0.193. The molecular weight excluding hydrogens is 421 g/mol. The Kier molecular flexibility index (Phi) is 5.32. The molecular formula is C12H8BrCl2NO3S2. The molecule has 1 aromatic carbocycles. The van der Waals surface area contributed by atoms with Gasteiger partial charge >= 0.3 is 0 Å². The van der Waals surface area contributed by atoms with Crippen LogP contribution in [-0.4, -0.2) is 14.3 Å². The van der Waals surface area contributed by atoms with Gasteiger partial charge in [-0.3, -0.25) is 4.79 Å². The summed E-state index contributed by atoms with van der Waals surface area (Å²) in [6, 6.07) is 7.96. The van der Waals surface area contributed by atoms with Gasteiger partial charge < -0.3 is 5.32 Å². The molecule has 2 rings (SSSR count). The minimum absolute atomic E-state index is 0.0499. The fourth-order valence-electron chi connectivity index (χ4n) is 1.52. The largest absolute Gasteiger partial charge is 0.347 e. The first kappa shape index (κ1) is 16.8. The highest BCUT2D eigenvalue weighted by Crippen LogP contribution is 2.25. The first-order valence-electron chi connectivity index (χ1n) is 5.54. The third-order valence-corrected chi connectivity index (χ3v) is 6.47. The fourth-order valence-corrected chi connectivity index (χ4v) is 4.15. The molecule has 21 heavy (non-hydrogen) atoms. The Hall–Kier alpha value is -0.600. The summed E-state index contributed by atoms with van der Waals surface area (Å²) in [4.78, 5) is 12.7. The van der Waals surface area contributed by atoms with Crippen LogP contribution < -0.4 is 5.32 Å².